The van der Waals surface area contributed by atoms with Crippen LogP contribution >= 0.6 is 0 Å². The molecule has 2 aliphatic heterocycles. The topological polar surface area (TPSA) is 52.6 Å². The van der Waals surface area contributed by atoms with Crippen molar-refractivity contribution in [2.45, 2.75) is 32.7 Å². The number of rotatable bonds is 5. The third kappa shape index (κ3) is 4.13. The molecule has 2 fully saturated rings. The predicted molar refractivity (Wildman–Crippen MR) is 115 cm³/mol. The molecule has 1 atom stereocenters. The van der Waals surface area contributed by atoms with Gasteiger partial charge < -0.3 is 14.7 Å². The summed E-state index contributed by atoms with van der Waals surface area (Å²) in [4.78, 5) is 28.7. The van der Waals surface area contributed by atoms with Crippen molar-refractivity contribution in [3.63, 3.8) is 0 Å². The van der Waals surface area contributed by atoms with Crippen molar-refractivity contribution < 1.29 is 4.79 Å². The van der Waals surface area contributed by atoms with Gasteiger partial charge in [-0.15, -0.1) is 0 Å². The van der Waals surface area contributed by atoms with Gasteiger partial charge in [0.1, 0.15) is 5.82 Å². The fraction of sp³-hybridized carbons (Fsp3) is 0.522. The molecule has 1 aromatic carbocycles. The van der Waals surface area contributed by atoms with Gasteiger partial charge in [0.05, 0.1) is 0 Å². The number of anilines is 1. The molecule has 154 valence electrons. The minimum Gasteiger partial charge on any atom is -0.355 e. The molecule has 2 saturated heterocycles. The zero-order valence-electron chi connectivity index (χ0n) is 17.9. The van der Waals surface area contributed by atoms with Crippen LogP contribution in [0, 0.1) is 19.8 Å². The Labute approximate surface area is 173 Å². The largest absolute Gasteiger partial charge is 0.355 e. The molecule has 1 amide bonds. The van der Waals surface area contributed by atoms with Gasteiger partial charge in [-0.05, 0) is 52.3 Å². The van der Waals surface area contributed by atoms with Crippen LogP contribution in [0.4, 0.5) is 5.82 Å². The molecule has 6 heteroatoms. The first-order chi connectivity index (χ1) is 13.9. The van der Waals surface area contributed by atoms with Crippen LogP contribution in [-0.2, 0) is 6.42 Å². The second-order valence-electron chi connectivity index (χ2n) is 8.70. The summed E-state index contributed by atoms with van der Waals surface area (Å²) in [5.74, 6) is 1.75. The van der Waals surface area contributed by atoms with Gasteiger partial charge >= 0.3 is 0 Å². The van der Waals surface area contributed by atoms with Gasteiger partial charge in [-0.25, -0.2) is 9.97 Å². The molecule has 0 bridgehead atoms. The summed E-state index contributed by atoms with van der Waals surface area (Å²) in [5, 5.41) is 0. The highest BCUT2D eigenvalue weighted by Gasteiger charge is 2.34. The number of aryl methyl sites for hydroxylation is 1. The van der Waals surface area contributed by atoms with Crippen LogP contribution in [0.5, 0.6) is 0 Å². The highest BCUT2D eigenvalue weighted by molar-refractivity contribution is 5.91. The maximum Gasteiger partial charge on any atom is 0.291 e. The van der Waals surface area contributed by atoms with Crippen molar-refractivity contribution in [2.24, 2.45) is 5.92 Å². The van der Waals surface area contributed by atoms with Gasteiger partial charge in [0.2, 0.25) is 5.82 Å². The fourth-order valence-electron chi connectivity index (χ4n) is 4.33. The monoisotopic (exact) mass is 393 g/mol. The Hall–Kier alpha value is -2.47. The second-order valence-corrected chi connectivity index (χ2v) is 8.70. The summed E-state index contributed by atoms with van der Waals surface area (Å²) >= 11 is 0. The number of aromatic nitrogens is 2. The number of likely N-dealkylation sites (tertiary alicyclic amines) is 1. The van der Waals surface area contributed by atoms with E-state index in [9.17, 15) is 4.79 Å². The van der Waals surface area contributed by atoms with Crippen LogP contribution in [0.25, 0.3) is 0 Å². The molecule has 0 unspecified atom stereocenters. The summed E-state index contributed by atoms with van der Waals surface area (Å²) in [6, 6.07) is 11.0. The van der Waals surface area contributed by atoms with Crippen LogP contribution in [0.3, 0.4) is 0 Å². The van der Waals surface area contributed by atoms with E-state index in [0.29, 0.717) is 17.8 Å². The number of amides is 1. The first-order valence-corrected chi connectivity index (χ1v) is 10.5. The Bertz CT molecular complexity index is 876. The van der Waals surface area contributed by atoms with Crippen LogP contribution in [0.1, 0.15) is 33.9 Å². The number of hydrogen-bond acceptors (Lipinski definition) is 5. The lowest BCUT2D eigenvalue weighted by Crippen LogP contribution is -2.51. The van der Waals surface area contributed by atoms with E-state index in [2.05, 4.69) is 60.1 Å². The molecule has 0 N–H and O–H groups in total. The standard InChI is InChI=1S/C23H31N5O/c1-16-17(2)24-21(25-22(16)27-11-10-20(15-27)26(3)4)23(29)28-13-19(14-28)12-18-8-6-5-7-9-18/h5-9,19-20H,10-15H2,1-4H3/t20-/m1/s1. The Morgan fingerprint density at radius 3 is 2.48 bits per heavy atom. The number of benzene rings is 1. The minimum absolute atomic E-state index is 0.0398. The fourth-order valence-corrected chi connectivity index (χ4v) is 4.33. The number of likely N-dealkylation sites (N-methyl/N-ethyl adjacent to an activating group) is 1. The molecule has 1 aromatic heterocycles. The number of nitrogens with zero attached hydrogens (tertiary/aromatic N) is 5. The first-order valence-electron chi connectivity index (χ1n) is 10.5. The van der Waals surface area contributed by atoms with E-state index in [1.807, 2.05) is 17.9 Å². The van der Waals surface area contributed by atoms with Crippen molar-refractivity contribution in [3.8, 4) is 0 Å². The van der Waals surface area contributed by atoms with E-state index >= 15 is 0 Å². The van der Waals surface area contributed by atoms with Crippen molar-refractivity contribution in [1.82, 2.24) is 19.8 Å². The summed E-state index contributed by atoms with van der Waals surface area (Å²) in [5.41, 5.74) is 3.30. The molecule has 0 spiro atoms. The summed E-state index contributed by atoms with van der Waals surface area (Å²) < 4.78 is 0. The normalized spacial score (nSPS) is 19.7. The van der Waals surface area contributed by atoms with Crippen molar-refractivity contribution in [3.05, 3.63) is 53.0 Å². The molecular formula is C23H31N5O. The second kappa shape index (κ2) is 8.11. The van der Waals surface area contributed by atoms with Gasteiger partial charge in [0, 0.05) is 43.5 Å². The summed E-state index contributed by atoms with van der Waals surface area (Å²) in [7, 11) is 4.24. The van der Waals surface area contributed by atoms with E-state index in [1.54, 1.807) is 0 Å². The molecule has 0 radical (unpaired) electrons. The molecule has 29 heavy (non-hydrogen) atoms. The Morgan fingerprint density at radius 1 is 1.10 bits per heavy atom. The maximum absolute atomic E-state index is 13.0. The molecule has 3 heterocycles. The molecule has 4 rings (SSSR count). The Balaban J connectivity index is 1.44. The number of carbonyl (C=O) groups excluding carboxylic acids is 1. The summed E-state index contributed by atoms with van der Waals surface area (Å²) in [6.45, 7) is 7.52. The lowest BCUT2D eigenvalue weighted by atomic mass is 9.92. The van der Waals surface area contributed by atoms with Crippen LogP contribution < -0.4 is 4.90 Å². The van der Waals surface area contributed by atoms with E-state index in [-0.39, 0.29) is 5.91 Å². The zero-order chi connectivity index (χ0) is 20.5. The average molecular weight is 394 g/mol. The SMILES string of the molecule is Cc1nc(C(=O)N2CC(Cc3ccccc3)C2)nc(N2CC[C@@H](N(C)C)C2)c1C. The zero-order valence-corrected chi connectivity index (χ0v) is 17.9. The van der Waals surface area contributed by atoms with Gasteiger partial charge in [-0.3, -0.25) is 4.79 Å². The van der Waals surface area contributed by atoms with E-state index in [0.717, 1.165) is 56.1 Å². The van der Waals surface area contributed by atoms with Gasteiger partial charge in [0.15, 0.2) is 0 Å². The van der Waals surface area contributed by atoms with Gasteiger partial charge in [0.25, 0.3) is 5.91 Å². The Morgan fingerprint density at radius 2 is 1.83 bits per heavy atom. The molecule has 0 saturated carbocycles. The maximum atomic E-state index is 13.0. The quantitative estimate of drug-likeness (QED) is 0.781. The van der Waals surface area contributed by atoms with Gasteiger partial charge in [-0.1, -0.05) is 30.3 Å². The lowest BCUT2D eigenvalue weighted by molar-refractivity contribution is 0.0488. The predicted octanol–water partition coefficient (Wildman–Crippen LogP) is 2.55. The van der Waals surface area contributed by atoms with Crippen LogP contribution in [0.15, 0.2) is 30.3 Å². The van der Waals surface area contributed by atoms with Crippen molar-refractivity contribution in [2.75, 3.05) is 45.2 Å². The summed E-state index contributed by atoms with van der Waals surface area (Å²) in [6.07, 6.45) is 2.13. The van der Waals surface area contributed by atoms with Crippen molar-refractivity contribution >= 4 is 11.7 Å². The van der Waals surface area contributed by atoms with Crippen LogP contribution in [-0.4, -0.2) is 72.0 Å². The van der Waals surface area contributed by atoms with E-state index in [4.69, 9.17) is 4.98 Å². The molecule has 6 nitrogen and oxygen atoms in total. The third-order valence-corrected chi connectivity index (χ3v) is 6.36. The first kappa shape index (κ1) is 19.8. The number of carbonyl (C=O) groups is 1. The number of hydrogen-bond donors (Lipinski definition) is 0. The van der Waals surface area contributed by atoms with E-state index < -0.39 is 0 Å². The van der Waals surface area contributed by atoms with Crippen molar-refractivity contribution in [1.29, 1.82) is 0 Å². The van der Waals surface area contributed by atoms with Gasteiger partial charge in [-0.2, -0.15) is 0 Å². The minimum atomic E-state index is -0.0398. The Kier molecular flexibility index (Phi) is 5.54. The highest BCUT2D eigenvalue weighted by Crippen LogP contribution is 2.27. The average Bonchev–Trinajstić information content (AvgIpc) is 3.17. The third-order valence-electron chi connectivity index (χ3n) is 6.36. The van der Waals surface area contributed by atoms with E-state index in [1.165, 1.54) is 5.56 Å². The molecule has 0 aliphatic carbocycles. The van der Waals surface area contributed by atoms with Crippen LogP contribution in [0.2, 0.25) is 0 Å². The molecule has 2 aromatic rings. The molecular weight excluding hydrogens is 362 g/mol. The highest BCUT2D eigenvalue weighted by atomic mass is 16.2. The lowest BCUT2D eigenvalue weighted by Gasteiger charge is -2.39. The molecule has 2 aliphatic rings. The smallest absolute Gasteiger partial charge is 0.291 e.